The Kier molecular flexibility index (Phi) is 5.42. The monoisotopic (exact) mass is 408 g/mol. The zero-order valence-electron chi connectivity index (χ0n) is 17.2. The average Bonchev–Trinajstić information content (AvgIpc) is 3.26. The van der Waals surface area contributed by atoms with Gasteiger partial charge in [0.2, 0.25) is 0 Å². The van der Waals surface area contributed by atoms with Crippen LogP contribution in [0.1, 0.15) is 22.3 Å². The van der Waals surface area contributed by atoms with Crippen LogP contribution in [0.5, 0.6) is 0 Å². The molecule has 4 aromatic rings. The van der Waals surface area contributed by atoms with Crippen LogP contribution in [-0.4, -0.2) is 39.9 Å². The van der Waals surface area contributed by atoms with Gasteiger partial charge in [0.15, 0.2) is 0 Å². The largest absolute Gasteiger partial charge is 0.348 e. The molecule has 1 aliphatic heterocycles. The first-order valence-electron chi connectivity index (χ1n) is 10.6. The van der Waals surface area contributed by atoms with Crippen LogP contribution in [0.2, 0.25) is 0 Å². The molecule has 31 heavy (non-hydrogen) atoms. The Bertz CT molecular complexity index is 1190. The van der Waals surface area contributed by atoms with E-state index in [1.54, 1.807) is 12.4 Å². The Morgan fingerprint density at radius 3 is 2.61 bits per heavy atom. The summed E-state index contributed by atoms with van der Waals surface area (Å²) in [4.78, 5) is 24.5. The quantitative estimate of drug-likeness (QED) is 0.535. The number of aromatic nitrogens is 2. The van der Waals surface area contributed by atoms with Gasteiger partial charge in [0, 0.05) is 49.0 Å². The normalized spacial score (nSPS) is 16.5. The second-order valence-corrected chi connectivity index (χ2v) is 7.99. The number of amides is 1. The Hall–Kier alpha value is -3.57. The Labute approximate surface area is 181 Å². The summed E-state index contributed by atoms with van der Waals surface area (Å²) in [6, 6.07) is 24.2. The first-order chi connectivity index (χ1) is 15.3. The fourth-order valence-corrected chi connectivity index (χ4v) is 4.23. The number of para-hydroxylation sites is 1. The van der Waals surface area contributed by atoms with E-state index in [1.807, 2.05) is 48.5 Å². The summed E-state index contributed by atoms with van der Waals surface area (Å²) < 4.78 is 0. The minimum Gasteiger partial charge on any atom is -0.348 e. The van der Waals surface area contributed by atoms with Gasteiger partial charge in [-0.1, -0.05) is 48.5 Å². The van der Waals surface area contributed by atoms with Crippen LogP contribution in [0.3, 0.4) is 0 Å². The molecular weight excluding hydrogens is 384 g/mol. The summed E-state index contributed by atoms with van der Waals surface area (Å²) in [6.07, 6.45) is 4.44. The average molecular weight is 409 g/mol. The lowest BCUT2D eigenvalue weighted by atomic mass is 10.0. The molecule has 2 aromatic carbocycles. The van der Waals surface area contributed by atoms with E-state index in [0.29, 0.717) is 5.56 Å². The molecule has 3 heterocycles. The molecule has 0 spiro atoms. The Morgan fingerprint density at radius 1 is 1.00 bits per heavy atom. The van der Waals surface area contributed by atoms with Crippen molar-refractivity contribution >= 4 is 16.8 Å². The maximum atomic E-state index is 13.3. The van der Waals surface area contributed by atoms with Crippen LogP contribution in [-0.2, 0) is 6.54 Å². The third kappa shape index (κ3) is 4.32. The highest BCUT2D eigenvalue weighted by Gasteiger charge is 2.25. The lowest BCUT2D eigenvalue weighted by Crippen LogP contribution is -2.37. The molecule has 5 rings (SSSR count). The Morgan fingerprint density at radius 2 is 1.77 bits per heavy atom. The van der Waals surface area contributed by atoms with Crippen molar-refractivity contribution in [2.75, 3.05) is 13.1 Å². The van der Waals surface area contributed by atoms with E-state index in [-0.39, 0.29) is 11.9 Å². The van der Waals surface area contributed by atoms with E-state index in [1.165, 1.54) is 5.56 Å². The predicted molar refractivity (Wildman–Crippen MR) is 123 cm³/mol. The number of nitrogens with one attached hydrogen (secondary N) is 1. The number of fused-ring (bicyclic) bond motifs is 1. The first kappa shape index (κ1) is 19.4. The molecular formula is C26H24N4O. The summed E-state index contributed by atoms with van der Waals surface area (Å²) >= 11 is 0. The summed E-state index contributed by atoms with van der Waals surface area (Å²) in [6.45, 7) is 2.76. The maximum Gasteiger partial charge on any atom is 0.252 e. The molecule has 2 aromatic heterocycles. The van der Waals surface area contributed by atoms with Gasteiger partial charge in [-0.3, -0.25) is 14.7 Å². The predicted octanol–water partition coefficient (Wildman–Crippen LogP) is 4.30. The number of benzene rings is 2. The van der Waals surface area contributed by atoms with Crippen LogP contribution in [0, 0.1) is 0 Å². The number of hydrogen-bond donors (Lipinski definition) is 1. The number of rotatable bonds is 5. The number of hydrogen-bond acceptors (Lipinski definition) is 4. The van der Waals surface area contributed by atoms with Crippen LogP contribution in [0.15, 0.2) is 85.2 Å². The highest BCUT2D eigenvalue weighted by Crippen LogP contribution is 2.25. The molecule has 0 aliphatic carbocycles. The van der Waals surface area contributed by atoms with E-state index >= 15 is 0 Å². The van der Waals surface area contributed by atoms with Crippen molar-refractivity contribution in [3.63, 3.8) is 0 Å². The highest BCUT2D eigenvalue weighted by molar-refractivity contribution is 6.07. The topological polar surface area (TPSA) is 58.1 Å². The lowest BCUT2D eigenvalue weighted by Gasteiger charge is -2.17. The third-order valence-corrected chi connectivity index (χ3v) is 5.79. The molecule has 1 amide bonds. The molecule has 1 aliphatic rings. The number of carbonyl (C=O) groups is 1. The van der Waals surface area contributed by atoms with E-state index in [2.05, 4.69) is 39.5 Å². The second kappa shape index (κ2) is 8.66. The van der Waals surface area contributed by atoms with Crippen LogP contribution in [0.25, 0.3) is 22.2 Å². The highest BCUT2D eigenvalue weighted by atomic mass is 16.1. The minimum absolute atomic E-state index is 0.0412. The van der Waals surface area contributed by atoms with Gasteiger partial charge in [0.05, 0.1) is 16.8 Å². The maximum absolute atomic E-state index is 13.3. The van der Waals surface area contributed by atoms with Crippen LogP contribution in [0.4, 0.5) is 0 Å². The van der Waals surface area contributed by atoms with Crippen molar-refractivity contribution in [2.24, 2.45) is 0 Å². The summed E-state index contributed by atoms with van der Waals surface area (Å²) in [7, 11) is 0. The second-order valence-electron chi connectivity index (χ2n) is 7.99. The molecule has 1 saturated heterocycles. The molecule has 1 atom stereocenters. The van der Waals surface area contributed by atoms with Gasteiger partial charge in [-0.05, 0) is 36.2 Å². The molecule has 1 unspecified atom stereocenters. The molecule has 154 valence electrons. The van der Waals surface area contributed by atoms with Gasteiger partial charge in [-0.15, -0.1) is 0 Å². The number of carbonyl (C=O) groups excluding carboxylic acids is 1. The smallest absolute Gasteiger partial charge is 0.252 e. The fourth-order valence-electron chi connectivity index (χ4n) is 4.23. The van der Waals surface area contributed by atoms with E-state index < -0.39 is 0 Å². The van der Waals surface area contributed by atoms with Crippen molar-refractivity contribution in [1.29, 1.82) is 0 Å². The van der Waals surface area contributed by atoms with Crippen molar-refractivity contribution in [3.8, 4) is 11.3 Å². The third-order valence-electron chi connectivity index (χ3n) is 5.79. The molecule has 5 heteroatoms. The summed E-state index contributed by atoms with van der Waals surface area (Å²) in [5, 5.41) is 4.13. The number of pyridine rings is 2. The molecule has 1 N–H and O–H groups in total. The van der Waals surface area contributed by atoms with Crippen LogP contribution >= 0.6 is 0 Å². The van der Waals surface area contributed by atoms with E-state index in [9.17, 15) is 4.79 Å². The summed E-state index contributed by atoms with van der Waals surface area (Å²) in [5.41, 5.74) is 4.52. The van der Waals surface area contributed by atoms with Crippen molar-refractivity contribution in [2.45, 2.75) is 19.0 Å². The molecule has 5 nitrogen and oxygen atoms in total. The van der Waals surface area contributed by atoms with Gasteiger partial charge >= 0.3 is 0 Å². The van der Waals surface area contributed by atoms with Crippen molar-refractivity contribution in [1.82, 2.24) is 20.2 Å². The fraction of sp³-hybridized carbons (Fsp3) is 0.192. The zero-order valence-corrected chi connectivity index (χ0v) is 17.2. The number of nitrogens with zero attached hydrogens (tertiary/aromatic N) is 3. The van der Waals surface area contributed by atoms with Gasteiger partial charge in [0.1, 0.15) is 0 Å². The van der Waals surface area contributed by atoms with Crippen molar-refractivity contribution < 1.29 is 4.79 Å². The van der Waals surface area contributed by atoms with E-state index in [0.717, 1.165) is 48.2 Å². The molecule has 1 fully saturated rings. The lowest BCUT2D eigenvalue weighted by molar-refractivity contribution is 0.0939. The van der Waals surface area contributed by atoms with Gasteiger partial charge in [-0.25, -0.2) is 4.98 Å². The Balaban J connectivity index is 1.36. The molecule has 0 radical (unpaired) electrons. The first-order valence-corrected chi connectivity index (χ1v) is 10.6. The SMILES string of the molecule is O=C(NC1CCN(Cc2ccccc2)C1)c1cc(-c2ccncc2)nc2ccccc12. The van der Waals surface area contributed by atoms with Gasteiger partial charge in [-0.2, -0.15) is 0 Å². The zero-order chi connectivity index (χ0) is 21.0. The van der Waals surface area contributed by atoms with Gasteiger partial charge in [0.25, 0.3) is 5.91 Å². The standard InChI is InChI=1S/C26H24N4O/c31-26(28-21-12-15-30(18-21)17-19-6-2-1-3-7-19)23-16-25(20-10-13-27-14-11-20)29-24-9-5-4-8-22(23)24/h1-11,13-14,16,21H,12,15,17-18H2,(H,28,31). The minimum atomic E-state index is -0.0412. The molecule has 0 saturated carbocycles. The summed E-state index contributed by atoms with van der Waals surface area (Å²) in [5.74, 6) is -0.0412. The number of likely N-dealkylation sites (tertiary alicyclic amines) is 1. The van der Waals surface area contributed by atoms with Crippen molar-refractivity contribution in [3.05, 3.63) is 96.3 Å². The molecule has 0 bridgehead atoms. The van der Waals surface area contributed by atoms with E-state index in [4.69, 9.17) is 4.98 Å². The van der Waals surface area contributed by atoms with Gasteiger partial charge < -0.3 is 5.32 Å². The van der Waals surface area contributed by atoms with Crippen LogP contribution < -0.4 is 5.32 Å².